The minimum absolute atomic E-state index is 0.325. The van der Waals surface area contributed by atoms with E-state index in [1.54, 1.807) is 12.1 Å². The SMILES string of the molecule is Nc1c(C(=O)Nc2cccc(F)c2)sc2ccccc12. The summed E-state index contributed by atoms with van der Waals surface area (Å²) in [6, 6.07) is 13.3. The lowest BCUT2D eigenvalue weighted by Crippen LogP contribution is -2.11. The number of thiophene rings is 1. The Bertz CT molecular complexity index is 797. The molecule has 3 nitrogen and oxygen atoms in total. The fourth-order valence-electron chi connectivity index (χ4n) is 1.99. The van der Waals surface area contributed by atoms with Crippen molar-refractivity contribution in [3.05, 3.63) is 59.2 Å². The zero-order chi connectivity index (χ0) is 14.1. The van der Waals surface area contributed by atoms with Crippen molar-refractivity contribution in [3.8, 4) is 0 Å². The summed E-state index contributed by atoms with van der Waals surface area (Å²) >= 11 is 1.32. The lowest BCUT2D eigenvalue weighted by molar-refractivity contribution is 0.103. The number of hydrogen-bond donors (Lipinski definition) is 2. The van der Waals surface area contributed by atoms with E-state index in [0.717, 1.165) is 10.1 Å². The molecule has 0 aliphatic rings. The number of nitrogens with one attached hydrogen (secondary N) is 1. The third-order valence-electron chi connectivity index (χ3n) is 2.92. The number of rotatable bonds is 2. The first kappa shape index (κ1) is 12.6. The Morgan fingerprint density at radius 2 is 1.95 bits per heavy atom. The predicted molar refractivity (Wildman–Crippen MR) is 80.6 cm³/mol. The summed E-state index contributed by atoms with van der Waals surface area (Å²) in [6.45, 7) is 0. The van der Waals surface area contributed by atoms with Gasteiger partial charge in [0, 0.05) is 15.8 Å². The molecule has 1 aromatic heterocycles. The minimum Gasteiger partial charge on any atom is -0.397 e. The molecule has 5 heteroatoms. The van der Waals surface area contributed by atoms with Crippen molar-refractivity contribution in [3.63, 3.8) is 0 Å². The summed E-state index contributed by atoms with van der Waals surface area (Å²) in [5.74, 6) is -0.721. The average molecular weight is 286 g/mol. The van der Waals surface area contributed by atoms with E-state index in [1.807, 2.05) is 24.3 Å². The molecule has 0 aliphatic heterocycles. The number of fused-ring (bicyclic) bond motifs is 1. The quantitative estimate of drug-likeness (QED) is 0.751. The third-order valence-corrected chi connectivity index (χ3v) is 4.11. The van der Waals surface area contributed by atoms with Crippen LogP contribution < -0.4 is 11.1 Å². The number of anilines is 2. The maximum Gasteiger partial charge on any atom is 0.267 e. The molecular formula is C15H11FN2OS. The Hall–Kier alpha value is -2.40. The summed E-state index contributed by atoms with van der Waals surface area (Å²) in [5, 5.41) is 3.52. The van der Waals surface area contributed by atoms with Crippen LogP contribution >= 0.6 is 11.3 Å². The van der Waals surface area contributed by atoms with E-state index in [1.165, 1.54) is 23.5 Å². The monoisotopic (exact) mass is 286 g/mol. The first-order chi connectivity index (χ1) is 9.65. The highest BCUT2D eigenvalue weighted by molar-refractivity contribution is 7.21. The van der Waals surface area contributed by atoms with Crippen LogP contribution in [-0.2, 0) is 0 Å². The highest BCUT2D eigenvalue weighted by Crippen LogP contribution is 2.33. The Labute approximate surface area is 118 Å². The second kappa shape index (κ2) is 4.94. The van der Waals surface area contributed by atoms with Crippen LogP contribution in [0, 0.1) is 5.82 Å². The molecule has 0 spiro atoms. The van der Waals surface area contributed by atoms with Gasteiger partial charge in [-0.15, -0.1) is 11.3 Å². The first-order valence-corrected chi connectivity index (χ1v) is 6.81. The van der Waals surface area contributed by atoms with Crippen molar-refractivity contribution in [1.82, 2.24) is 0 Å². The minimum atomic E-state index is -0.396. The molecule has 3 rings (SSSR count). The van der Waals surface area contributed by atoms with Gasteiger partial charge in [0.15, 0.2) is 0 Å². The lowest BCUT2D eigenvalue weighted by atomic mass is 10.2. The number of hydrogen-bond acceptors (Lipinski definition) is 3. The topological polar surface area (TPSA) is 55.1 Å². The van der Waals surface area contributed by atoms with E-state index in [0.29, 0.717) is 16.3 Å². The Morgan fingerprint density at radius 3 is 2.70 bits per heavy atom. The van der Waals surface area contributed by atoms with Crippen LogP contribution in [0.2, 0.25) is 0 Å². The molecule has 1 heterocycles. The Morgan fingerprint density at radius 1 is 1.15 bits per heavy atom. The number of carbonyl (C=O) groups is 1. The summed E-state index contributed by atoms with van der Waals surface area (Å²) in [6.07, 6.45) is 0. The van der Waals surface area contributed by atoms with Crippen LogP contribution in [0.5, 0.6) is 0 Å². The van der Waals surface area contributed by atoms with Gasteiger partial charge in [-0.05, 0) is 24.3 Å². The molecule has 0 saturated carbocycles. The van der Waals surface area contributed by atoms with Crippen LogP contribution in [0.3, 0.4) is 0 Å². The summed E-state index contributed by atoms with van der Waals surface area (Å²) in [5.41, 5.74) is 6.87. The van der Waals surface area contributed by atoms with Crippen LogP contribution in [0.15, 0.2) is 48.5 Å². The molecule has 0 fully saturated rings. The maximum absolute atomic E-state index is 13.1. The van der Waals surface area contributed by atoms with Gasteiger partial charge in [-0.3, -0.25) is 4.79 Å². The van der Waals surface area contributed by atoms with E-state index in [-0.39, 0.29) is 5.91 Å². The molecular weight excluding hydrogens is 275 g/mol. The number of benzene rings is 2. The Balaban J connectivity index is 1.95. The highest BCUT2D eigenvalue weighted by Gasteiger charge is 2.16. The van der Waals surface area contributed by atoms with Crippen LogP contribution in [0.4, 0.5) is 15.8 Å². The van der Waals surface area contributed by atoms with E-state index >= 15 is 0 Å². The third kappa shape index (κ3) is 2.23. The number of nitrogen functional groups attached to an aromatic ring is 1. The summed E-state index contributed by atoms with van der Waals surface area (Å²) in [4.78, 5) is 12.7. The van der Waals surface area contributed by atoms with E-state index in [2.05, 4.69) is 5.32 Å². The van der Waals surface area contributed by atoms with E-state index < -0.39 is 5.82 Å². The van der Waals surface area contributed by atoms with Gasteiger partial charge >= 0.3 is 0 Å². The molecule has 0 radical (unpaired) electrons. The van der Waals surface area contributed by atoms with Crippen molar-refractivity contribution in [2.24, 2.45) is 0 Å². The molecule has 100 valence electrons. The number of halogens is 1. The van der Waals surface area contributed by atoms with Crippen molar-refractivity contribution >= 4 is 38.7 Å². The zero-order valence-electron chi connectivity index (χ0n) is 10.4. The molecule has 3 N–H and O–H groups in total. The molecule has 0 saturated heterocycles. The molecule has 2 aromatic carbocycles. The van der Waals surface area contributed by atoms with Gasteiger partial charge < -0.3 is 11.1 Å². The fourth-order valence-corrected chi connectivity index (χ4v) is 3.01. The van der Waals surface area contributed by atoms with Crippen LogP contribution in [-0.4, -0.2) is 5.91 Å². The van der Waals surface area contributed by atoms with Crippen molar-refractivity contribution in [1.29, 1.82) is 0 Å². The summed E-state index contributed by atoms with van der Waals surface area (Å²) in [7, 11) is 0. The average Bonchev–Trinajstić information content (AvgIpc) is 2.77. The normalized spacial score (nSPS) is 10.7. The van der Waals surface area contributed by atoms with Gasteiger partial charge in [-0.25, -0.2) is 4.39 Å². The van der Waals surface area contributed by atoms with E-state index in [9.17, 15) is 9.18 Å². The number of carbonyl (C=O) groups excluding carboxylic acids is 1. The number of amides is 1. The van der Waals surface area contributed by atoms with Crippen molar-refractivity contribution < 1.29 is 9.18 Å². The van der Waals surface area contributed by atoms with Crippen LogP contribution in [0.25, 0.3) is 10.1 Å². The number of nitrogens with two attached hydrogens (primary N) is 1. The standard InChI is InChI=1S/C15H11FN2OS/c16-9-4-3-5-10(8-9)18-15(19)14-13(17)11-6-1-2-7-12(11)20-14/h1-8H,17H2,(H,18,19). The van der Waals surface area contributed by atoms with Gasteiger partial charge in [-0.2, -0.15) is 0 Å². The molecule has 0 bridgehead atoms. The van der Waals surface area contributed by atoms with Gasteiger partial charge in [0.1, 0.15) is 10.7 Å². The summed E-state index contributed by atoms with van der Waals surface area (Å²) < 4.78 is 14.0. The first-order valence-electron chi connectivity index (χ1n) is 5.99. The molecule has 0 atom stereocenters. The second-order valence-electron chi connectivity index (χ2n) is 4.31. The maximum atomic E-state index is 13.1. The van der Waals surface area contributed by atoms with Crippen molar-refractivity contribution in [2.75, 3.05) is 11.1 Å². The van der Waals surface area contributed by atoms with Crippen molar-refractivity contribution in [2.45, 2.75) is 0 Å². The molecule has 0 unspecified atom stereocenters. The lowest BCUT2D eigenvalue weighted by Gasteiger charge is -2.04. The molecule has 1 amide bonds. The van der Waals surface area contributed by atoms with Gasteiger partial charge in [0.2, 0.25) is 0 Å². The van der Waals surface area contributed by atoms with Gasteiger partial charge in [0.05, 0.1) is 5.69 Å². The molecule has 3 aromatic rings. The van der Waals surface area contributed by atoms with Crippen LogP contribution in [0.1, 0.15) is 9.67 Å². The molecule has 0 aliphatic carbocycles. The zero-order valence-corrected chi connectivity index (χ0v) is 11.2. The van der Waals surface area contributed by atoms with Gasteiger partial charge in [-0.1, -0.05) is 24.3 Å². The van der Waals surface area contributed by atoms with E-state index in [4.69, 9.17) is 5.73 Å². The largest absolute Gasteiger partial charge is 0.397 e. The molecule has 20 heavy (non-hydrogen) atoms. The smallest absolute Gasteiger partial charge is 0.267 e. The second-order valence-corrected chi connectivity index (χ2v) is 5.36. The highest BCUT2D eigenvalue weighted by atomic mass is 32.1. The fraction of sp³-hybridized carbons (Fsp3) is 0. The van der Waals surface area contributed by atoms with Gasteiger partial charge in [0.25, 0.3) is 5.91 Å². The Kier molecular flexibility index (Phi) is 3.12. The predicted octanol–water partition coefficient (Wildman–Crippen LogP) is 3.87.